The Balaban J connectivity index is 2.81. The molecular weight excluding hydrogens is 295 g/mol. The van der Waals surface area contributed by atoms with Gasteiger partial charge >= 0.3 is 0 Å². The van der Waals surface area contributed by atoms with Crippen molar-refractivity contribution in [3.05, 3.63) is 0 Å². The van der Waals surface area contributed by atoms with E-state index in [9.17, 15) is 0 Å². The Labute approximate surface area is 111 Å². The van der Waals surface area contributed by atoms with Crippen LogP contribution in [0, 0.1) is 0 Å². The van der Waals surface area contributed by atoms with Crippen molar-refractivity contribution < 1.29 is 0 Å². The molecule has 0 fully saturated rings. The summed E-state index contributed by atoms with van der Waals surface area (Å²) in [5.41, 5.74) is 0. The van der Waals surface area contributed by atoms with Gasteiger partial charge in [0.05, 0.1) is 0 Å². The zero-order valence-electron chi connectivity index (χ0n) is 10.6. The minimum absolute atomic E-state index is 1.34. The summed E-state index contributed by atoms with van der Waals surface area (Å²) in [6.07, 6.45) is 17.5. The third-order valence-corrected chi connectivity index (χ3v) is 3.75. The molecular formula is C14H29I. The van der Waals surface area contributed by atoms with Gasteiger partial charge in [0, 0.05) is 0 Å². The SMILES string of the molecule is CCCCCCCCCCCCCCI. The molecule has 0 amide bonds. The van der Waals surface area contributed by atoms with Crippen molar-refractivity contribution >= 4 is 22.6 Å². The molecule has 0 aliphatic rings. The topological polar surface area (TPSA) is 0 Å². The maximum atomic E-state index is 2.48. The Bertz CT molecular complexity index is 89.5. The van der Waals surface area contributed by atoms with Crippen molar-refractivity contribution in [2.45, 2.75) is 84.0 Å². The summed E-state index contributed by atoms with van der Waals surface area (Å²) < 4.78 is 1.34. The molecule has 0 radical (unpaired) electrons. The van der Waals surface area contributed by atoms with Crippen molar-refractivity contribution in [1.29, 1.82) is 0 Å². The van der Waals surface area contributed by atoms with Crippen LogP contribution in [-0.2, 0) is 0 Å². The summed E-state index contributed by atoms with van der Waals surface area (Å²) >= 11 is 2.48. The van der Waals surface area contributed by atoms with Gasteiger partial charge in [0.25, 0.3) is 0 Å². The number of halogens is 1. The molecule has 0 heterocycles. The molecule has 0 aliphatic heterocycles. The van der Waals surface area contributed by atoms with E-state index >= 15 is 0 Å². The molecule has 0 unspecified atom stereocenters. The van der Waals surface area contributed by atoms with Crippen molar-refractivity contribution in [3.63, 3.8) is 0 Å². The fourth-order valence-corrected chi connectivity index (χ4v) is 2.47. The van der Waals surface area contributed by atoms with Crippen molar-refractivity contribution in [2.24, 2.45) is 0 Å². The lowest BCUT2D eigenvalue weighted by Gasteiger charge is -2.01. The van der Waals surface area contributed by atoms with E-state index < -0.39 is 0 Å². The Hall–Kier alpha value is 0.730. The van der Waals surface area contributed by atoms with E-state index in [1.807, 2.05) is 0 Å². The maximum Gasteiger partial charge on any atom is -0.000473 e. The normalized spacial score (nSPS) is 10.8. The summed E-state index contributed by atoms with van der Waals surface area (Å²) in [5, 5.41) is 0. The van der Waals surface area contributed by atoms with Gasteiger partial charge < -0.3 is 0 Å². The van der Waals surface area contributed by atoms with Crippen molar-refractivity contribution in [3.8, 4) is 0 Å². The molecule has 0 saturated carbocycles. The van der Waals surface area contributed by atoms with Crippen LogP contribution >= 0.6 is 22.6 Å². The highest BCUT2D eigenvalue weighted by atomic mass is 127. The van der Waals surface area contributed by atoms with Crippen LogP contribution in [0.25, 0.3) is 0 Å². The second kappa shape index (κ2) is 14.7. The predicted octanol–water partition coefficient (Wildman–Crippen LogP) is 6.12. The van der Waals surface area contributed by atoms with E-state index in [-0.39, 0.29) is 0 Å². The molecule has 0 bridgehead atoms. The second-order valence-electron chi connectivity index (χ2n) is 4.58. The molecule has 0 aromatic heterocycles. The van der Waals surface area contributed by atoms with E-state index in [1.54, 1.807) is 0 Å². The third kappa shape index (κ3) is 14.7. The smallest absolute Gasteiger partial charge is 0.000473 e. The van der Waals surface area contributed by atoms with Gasteiger partial charge in [-0.15, -0.1) is 0 Å². The highest BCUT2D eigenvalue weighted by Gasteiger charge is 1.92. The van der Waals surface area contributed by atoms with E-state index in [4.69, 9.17) is 0 Å². The summed E-state index contributed by atoms with van der Waals surface area (Å²) in [7, 11) is 0. The summed E-state index contributed by atoms with van der Waals surface area (Å²) in [6.45, 7) is 2.29. The molecule has 0 aromatic rings. The number of hydrogen-bond acceptors (Lipinski definition) is 0. The van der Waals surface area contributed by atoms with E-state index in [0.717, 1.165) is 0 Å². The fraction of sp³-hybridized carbons (Fsp3) is 1.00. The molecule has 0 saturated heterocycles. The molecule has 0 aromatic carbocycles. The Morgan fingerprint density at radius 2 is 0.867 bits per heavy atom. The lowest BCUT2D eigenvalue weighted by Crippen LogP contribution is -1.82. The van der Waals surface area contributed by atoms with Gasteiger partial charge in [-0.3, -0.25) is 0 Å². The maximum absolute atomic E-state index is 2.48. The van der Waals surface area contributed by atoms with Crippen LogP contribution in [0.15, 0.2) is 0 Å². The molecule has 1 heteroatoms. The third-order valence-electron chi connectivity index (χ3n) is 2.99. The molecule has 0 rings (SSSR count). The van der Waals surface area contributed by atoms with Gasteiger partial charge in [0.1, 0.15) is 0 Å². The van der Waals surface area contributed by atoms with Crippen LogP contribution in [0.5, 0.6) is 0 Å². The average molecular weight is 324 g/mol. The highest BCUT2D eigenvalue weighted by Crippen LogP contribution is 2.12. The average Bonchev–Trinajstić information content (AvgIpc) is 2.26. The molecule has 15 heavy (non-hydrogen) atoms. The van der Waals surface area contributed by atoms with Gasteiger partial charge in [-0.2, -0.15) is 0 Å². The first kappa shape index (κ1) is 15.7. The highest BCUT2D eigenvalue weighted by molar-refractivity contribution is 14.1. The summed E-state index contributed by atoms with van der Waals surface area (Å²) in [4.78, 5) is 0. The zero-order chi connectivity index (χ0) is 11.2. The number of alkyl halides is 1. The van der Waals surface area contributed by atoms with Gasteiger partial charge in [0.2, 0.25) is 0 Å². The van der Waals surface area contributed by atoms with Crippen LogP contribution in [0.2, 0.25) is 0 Å². The van der Waals surface area contributed by atoms with Crippen LogP contribution in [0.1, 0.15) is 84.0 Å². The fourth-order valence-electron chi connectivity index (χ4n) is 1.94. The zero-order valence-corrected chi connectivity index (χ0v) is 12.7. The molecule has 92 valence electrons. The largest absolute Gasteiger partial charge is 0.0864 e. The number of unbranched alkanes of at least 4 members (excludes halogenated alkanes) is 11. The second-order valence-corrected chi connectivity index (χ2v) is 5.66. The molecule has 0 spiro atoms. The van der Waals surface area contributed by atoms with E-state index in [2.05, 4.69) is 29.5 Å². The Kier molecular flexibility index (Phi) is 15.4. The van der Waals surface area contributed by atoms with E-state index in [0.29, 0.717) is 0 Å². The van der Waals surface area contributed by atoms with Gasteiger partial charge in [-0.1, -0.05) is 100 Å². The molecule has 0 N–H and O–H groups in total. The predicted molar refractivity (Wildman–Crippen MR) is 80.0 cm³/mol. The molecule has 0 nitrogen and oxygen atoms in total. The van der Waals surface area contributed by atoms with Crippen molar-refractivity contribution in [2.75, 3.05) is 4.43 Å². The summed E-state index contributed by atoms with van der Waals surface area (Å²) in [6, 6.07) is 0. The molecule has 0 atom stereocenters. The van der Waals surface area contributed by atoms with Gasteiger partial charge in [0.15, 0.2) is 0 Å². The summed E-state index contributed by atoms with van der Waals surface area (Å²) in [5.74, 6) is 0. The lowest BCUT2D eigenvalue weighted by atomic mass is 10.1. The standard InChI is InChI=1S/C14H29I/c1-2-3-4-5-6-7-8-9-10-11-12-13-14-15/h2-14H2,1H3. The first-order valence-electron chi connectivity index (χ1n) is 6.97. The minimum atomic E-state index is 1.34. The first-order valence-corrected chi connectivity index (χ1v) is 8.50. The van der Waals surface area contributed by atoms with Crippen molar-refractivity contribution in [1.82, 2.24) is 0 Å². The van der Waals surface area contributed by atoms with Gasteiger partial charge in [-0.05, 0) is 10.8 Å². The van der Waals surface area contributed by atoms with Gasteiger partial charge in [-0.25, -0.2) is 0 Å². The number of rotatable bonds is 12. The first-order chi connectivity index (χ1) is 7.41. The number of hydrogen-bond donors (Lipinski definition) is 0. The monoisotopic (exact) mass is 324 g/mol. The minimum Gasteiger partial charge on any atom is -0.0864 e. The lowest BCUT2D eigenvalue weighted by molar-refractivity contribution is 0.549. The quantitative estimate of drug-likeness (QED) is 0.230. The molecule has 0 aliphatic carbocycles. The Morgan fingerprint density at radius 3 is 1.20 bits per heavy atom. The van der Waals surface area contributed by atoms with E-state index in [1.165, 1.54) is 81.5 Å². The van der Waals surface area contributed by atoms with Crippen LogP contribution in [0.3, 0.4) is 0 Å². The van der Waals surface area contributed by atoms with Crippen LogP contribution in [0.4, 0.5) is 0 Å². The Morgan fingerprint density at radius 1 is 0.533 bits per heavy atom. The van der Waals surface area contributed by atoms with Crippen LogP contribution < -0.4 is 0 Å². The van der Waals surface area contributed by atoms with Crippen LogP contribution in [-0.4, -0.2) is 4.43 Å².